The third-order valence-electron chi connectivity index (χ3n) is 2.16. The van der Waals surface area contributed by atoms with Crippen molar-refractivity contribution in [2.75, 3.05) is 0 Å². The summed E-state index contributed by atoms with van der Waals surface area (Å²) < 4.78 is 30.0. The van der Waals surface area contributed by atoms with Crippen molar-refractivity contribution in [3.63, 3.8) is 0 Å². The van der Waals surface area contributed by atoms with Crippen LogP contribution in [0.1, 0.15) is 5.56 Å². The second kappa shape index (κ2) is 5.82. The van der Waals surface area contributed by atoms with Gasteiger partial charge in [-0.05, 0) is 6.07 Å². The van der Waals surface area contributed by atoms with Gasteiger partial charge in [0.25, 0.3) is 5.69 Å². The van der Waals surface area contributed by atoms with Gasteiger partial charge >= 0.3 is 6.61 Å². The minimum absolute atomic E-state index is 0.0354. The Morgan fingerprint density at radius 3 is 2.70 bits per heavy atom. The number of halogens is 2. The summed E-state index contributed by atoms with van der Waals surface area (Å²) >= 11 is 0. The second-order valence-corrected chi connectivity index (χ2v) is 3.44. The van der Waals surface area contributed by atoms with E-state index in [0.717, 1.165) is 24.4 Å². The van der Waals surface area contributed by atoms with Crippen molar-refractivity contribution in [1.29, 1.82) is 0 Å². The summed E-state index contributed by atoms with van der Waals surface area (Å²) in [5.41, 5.74) is -0.231. The molecule has 2 rings (SSSR count). The van der Waals surface area contributed by atoms with Gasteiger partial charge in [-0.25, -0.2) is 4.68 Å². The lowest BCUT2D eigenvalue weighted by Crippen LogP contribution is -2.05. The van der Waals surface area contributed by atoms with Crippen molar-refractivity contribution < 1.29 is 18.4 Å². The fourth-order valence-corrected chi connectivity index (χ4v) is 1.34. The van der Waals surface area contributed by atoms with Crippen LogP contribution in [0.3, 0.4) is 0 Å². The molecule has 1 heterocycles. The maximum Gasteiger partial charge on any atom is 0.387 e. The maximum absolute atomic E-state index is 12.2. The van der Waals surface area contributed by atoms with Crippen LogP contribution in [-0.2, 0) is 0 Å². The van der Waals surface area contributed by atoms with Crippen molar-refractivity contribution >= 4 is 11.9 Å². The first-order chi connectivity index (χ1) is 9.56. The smallest absolute Gasteiger partial charge is 0.387 e. The molecule has 8 nitrogen and oxygen atoms in total. The summed E-state index contributed by atoms with van der Waals surface area (Å²) in [6, 6.07) is 3.22. The molecule has 0 radical (unpaired) electrons. The molecule has 0 bridgehead atoms. The fraction of sp³-hybridized carbons (Fsp3) is 0.100. The summed E-state index contributed by atoms with van der Waals surface area (Å²) in [5.74, 6) is -0.220. The van der Waals surface area contributed by atoms with Crippen molar-refractivity contribution in [2.45, 2.75) is 6.61 Å². The van der Waals surface area contributed by atoms with Gasteiger partial charge in [-0.3, -0.25) is 10.1 Å². The highest BCUT2D eigenvalue weighted by atomic mass is 19.3. The van der Waals surface area contributed by atoms with Crippen molar-refractivity contribution in [1.82, 2.24) is 14.9 Å². The van der Waals surface area contributed by atoms with Crippen LogP contribution in [0.2, 0.25) is 0 Å². The molecule has 0 fully saturated rings. The highest BCUT2D eigenvalue weighted by Gasteiger charge is 2.13. The predicted molar refractivity (Wildman–Crippen MR) is 62.7 cm³/mol. The Morgan fingerprint density at radius 2 is 2.10 bits per heavy atom. The van der Waals surface area contributed by atoms with Gasteiger partial charge < -0.3 is 4.74 Å². The molecule has 2 aromatic rings. The molecular formula is C10H7F2N5O3. The largest absolute Gasteiger partial charge is 0.434 e. The molecule has 0 N–H and O–H groups in total. The van der Waals surface area contributed by atoms with Crippen LogP contribution in [0.15, 0.2) is 36.0 Å². The number of rotatable bonds is 5. The lowest BCUT2D eigenvalue weighted by Gasteiger charge is -2.07. The lowest BCUT2D eigenvalue weighted by molar-refractivity contribution is -0.384. The standard InChI is InChI=1S/C10H7F2N5O3/c11-10(12)20-9-2-1-8(17(18)19)3-7(9)4-15-16-5-13-14-6-16/h1-6,10H/b15-4+. The molecule has 0 unspecified atom stereocenters. The molecule has 0 saturated heterocycles. The molecule has 0 aliphatic carbocycles. The molecule has 0 atom stereocenters. The number of hydrogen-bond acceptors (Lipinski definition) is 6. The van der Waals surface area contributed by atoms with Crippen LogP contribution >= 0.6 is 0 Å². The number of benzene rings is 1. The van der Waals surface area contributed by atoms with Gasteiger partial charge in [-0.15, -0.1) is 10.2 Å². The Morgan fingerprint density at radius 1 is 1.40 bits per heavy atom. The van der Waals surface area contributed by atoms with E-state index in [-0.39, 0.29) is 17.0 Å². The number of aromatic nitrogens is 3. The van der Waals surface area contributed by atoms with Crippen molar-refractivity contribution in [3.8, 4) is 5.75 Å². The van der Waals surface area contributed by atoms with E-state index in [9.17, 15) is 18.9 Å². The van der Waals surface area contributed by atoms with Gasteiger partial charge in [0, 0.05) is 17.7 Å². The first-order valence-corrected chi connectivity index (χ1v) is 5.18. The SMILES string of the molecule is O=[N+]([O-])c1ccc(OC(F)F)c(/C=N/n2cnnc2)c1. The van der Waals surface area contributed by atoms with Crippen LogP contribution in [-0.4, -0.2) is 32.6 Å². The maximum atomic E-state index is 12.2. The highest BCUT2D eigenvalue weighted by molar-refractivity contribution is 5.84. The van der Waals surface area contributed by atoms with E-state index in [1.807, 2.05) is 0 Å². The highest BCUT2D eigenvalue weighted by Crippen LogP contribution is 2.24. The molecule has 104 valence electrons. The predicted octanol–water partition coefficient (Wildman–Crippen LogP) is 1.67. The van der Waals surface area contributed by atoms with E-state index in [1.54, 1.807) is 0 Å². The number of ether oxygens (including phenoxy) is 1. The molecule has 20 heavy (non-hydrogen) atoms. The van der Waals surface area contributed by atoms with Crippen molar-refractivity contribution in [3.05, 3.63) is 46.5 Å². The normalized spacial score (nSPS) is 11.2. The Hall–Kier alpha value is -2.91. The summed E-state index contributed by atoms with van der Waals surface area (Å²) in [6.07, 6.45) is 3.66. The summed E-state index contributed by atoms with van der Waals surface area (Å²) in [6.45, 7) is -3.04. The number of hydrogen-bond donors (Lipinski definition) is 0. The minimum Gasteiger partial charge on any atom is -0.434 e. The Kier molecular flexibility index (Phi) is 3.93. The fourth-order valence-electron chi connectivity index (χ4n) is 1.34. The van der Waals surface area contributed by atoms with Gasteiger partial charge in [0.05, 0.1) is 11.1 Å². The van der Waals surface area contributed by atoms with E-state index < -0.39 is 11.5 Å². The van der Waals surface area contributed by atoms with Gasteiger partial charge in [-0.2, -0.15) is 13.9 Å². The van der Waals surface area contributed by atoms with E-state index >= 15 is 0 Å². The Labute approximate surface area is 110 Å². The third-order valence-corrected chi connectivity index (χ3v) is 2.16. The Balaban J connectivity index is 2.35. The number of nitro benzene ring substituents is 1. The molecule has 1 aromatic heterocycles. The minimum atomic E-state index is -3.04. The summed E-state index contributed by atoms with van der Waals surface area (Å²) in [7, 11) is 0. The third kappa shape index (κ3) is 3.31. The zero-order chi connectivity index (χ0) is 14.5. The topological polar surface area (TPSA) is 95.4 Å². The van der Waals surface area contributed by atoms with E-state index in [4.69, 9.17) is 0 Å². The lowest BCUT2D eigenvalue weighted by atomic mass is 10.2. The Bertz CT molecular complexity index is 630. The van der Waals surface area contributed by atoms with Crippen LogP contribution in [0.25, 0.3) is 0 Å². The summed E-state index contributed by atoms with van der Waals surface area (Å²) in [4.78, 5) is 10.0. The van der Waals surface area contributed by atoms with Gasteiger partial charge in [0.1, 0.15) is 18.4 Å². The summed E-state index contributed by atoms with van der Waals surface area (Å²) in [5, 5.41) is 21.5. The van der Waals surface area contributed by atoms with Gasteiger partial charge in [0.15, 0.2) is 0 Å². The van der Waals surface area contributed by atoms with Crippen LogP contribution < -0.4 is 4.74 Å². The number of non-ortho nitro benzene ring substituents is 1. The molecule has 0 amide bonds. The zero-order valence-corrected chi connectivity index (χ0v) is 9.76. The molecule has 0 aliphatic rings. The molecule has 1 aromatic carbocycles. The number of nitro groups is 1. The molecule has 10 heteroatoms. The average molecular weight is 283 g/mol. The first kappa shape index (κ1) is 13.5. The monoisotopic (exact) mass is 283 g/mol. The average Bonchev–Trinajstić information content (AvgIpc) is 2.89. The molecule has 0 aliphatic heterocycles. The number of alkyl halides is 2. The molecule has 0 saturated carbocycles. The molecule has 0 spiro atoms. The van der Waals surface area contributed by atoms with Crippen LogP contribution in [0.4, 0.5) is 14.5 Å². The zero-order valence-electron chi connectivity index (χ0n) is 9.76. The second-order valence-electron chi connectivity index (χ2n) is 3.44. The van der Waals surface area contributed by atoms with Crippen LogP contribution in [0, 0.1) is 10.1 Å². The van der Waals surface area contributed by atoms with E-state index in [1.165, 1.54) is 17.3 Å². The van der Waals surface area contributed by atoms with Crippen LogP contribution in [0.5, 0.6) is 5.75 Å². The number of nitrogens with zero attached hydrogens (tertiary/aromatic N) is 5. The van der Waals surface area contributed by atoms with Gasteiger partial charge in [-0.1, -0.05) is 0 Å². The quantitative estimate of drug-likeness (QED) is 0.472. The van der Waals surface area contributed by atoms with Gasteiger partial charge in [0.2, 0.25) is 0 Å². The molecular weight excluding hydrogens is 276 g/mol. The van der Waals surface area contributed by atoms with Crippen molar-refractivity contribution in [2.24, 2.45) is 5.10 Å². The first-order valence-electron chi connectivity index (χ1n) is 5.18. The van der Waals surface area contributed by atoms with E-state index in [2.05, 4.69) is 20.0 Å². The van der Waals surface area contributed by atoms with E-state index in [0.29, 0.717) is 0 Å².